The molecule has 6 nitrogen and oxygen atoms in total. The SMILES string of the molecule is CSCc1cn([C@H]2CC(F)[C@@H](CO)O2)c(=O)[nH]c1=O. The van der Waals surface area contributed by atoms with Gasteiger partial charge in [-0.15, -0.1) is 0 Å². The number of aliphatic hydroxyl groups excluding tert-OH is 1. The Kier molecular flexibility index (Phi) is 4.43. The highest BCUT2D eigenvalue weighted by Gasteiger charge is 2.36. The van der Waals surface area contributed by atoms with Crippen molar-refractivity contribution >= 4 is 11.8 Å². The number of ether oxygens (including phenoxy) is 1. The number of nitrogens with one attached hydrogen (secondary N) is 1. The monoisotopic (exact) mass is 290 g/mol. The van der Waals surface area contributed by atoms with Gasteiger partial charge in [-0.3, -0.25) is 14.3 Å². The number of hydrogen-bond acceptors (Lipinski definition) is 5. The Morgan fingerprint density at radius 1 is 1.63 bits per heavy atom. The lowest BCUT2D eigenvalue weighted by Gasteiger charge is -2.15. The molecule has 1 aliphatic heterocycles. The van der Waals surface area contributed by atoms with Crippen LogP contribution in [0.2, 0.25) is 0 Å². The predicted molar refractivity (Wildman–Crippen MR) is 69.1 cm³/mol. The highest BCUT2D eigenvalue weighted by molar-refractivity contribution is 7.97. The number of alkyl halides is 1. The minimum Gasteiger partial charge on any atom is -0.394 e. The van der Waals surface area contributed by atoms with E-state index in [0.717, 1.165) is 0 Å². The van der Waals surface area contributed by atoms with Gasteiger partial charge in [0.2, 0.25) is 0 Å². The maximum atomic E-state index is 13.5. The molecule has 2 N–H and O–H groups in total. The van der Waals surface area contributed by atoms with Gasteiger partial charge in [0.05, 0.1) is 6.61 Å². The molecule has 0 spiro atoms. The third-order valence-corrected chi connectivity index (χ3v) is 3.59. The molecular weight excluding hydrogens is 275 g/mol. The summed E-state index contributed by atoms with van der Waals surface area (Å²) >= 11 is 1.44. The van der Waals surface area contributed by atoms with Gasteiger partial charge in [0.1, 0.15) is 18.5 Å². The first-order valence-corrected chi connectivity index (χ1v) is 7.20. The third-order valence-electron chi connectivity index (χ3n) is 2.99. The summed E-state index contributed by atoms with van der Waals surface area (Å²) in [6.45, 7) is -0.437. The van der Waals surface area contributed by atoms with Crippen LogP contribution in [0.5, 0.6) is 0 Å². The number of aromatic amines is 1. The van der Waals surface area contributed by atoms with Gasteiger partial charge in [-0.05, 0) is 6.26 Å². The number of hydrogen-bond donors (Lipinski definition) is 2. The first-order chi connectivity index (χ1) is 9.06. The maximum Gasteiger partial charge on any atom is 0.330 e. The van der Waals surface area contributed by atoms with E-state index in [1.54, 1.807) is 0 Å². The summed E-state index contributed by atoms with van der Waals surface area (Å²) in [5.41, 5.74) is -0.645. The summed E-state index contributed by atoms with van der Waals surface area (Å²) in [5.74, 6) is 0.449. The fraction of sp³-hybridized carbons (Fsp3) is 0.636. The molecule has 0 radical (unpaired) electrons. The van der Waals surface area contributed by atoms with Gasteiger partial charge in [-0.25, -0.2) is 9.18 Å². The van der Waals surface area contributed by atoms with Crippen LogP contribution in [0.1, 0.15) is 18.2 Å². The van der Waals surface area contributed by atoms with Crippen LogP contribution in [-0.2, 0) is 10.5 Å². The molecule has 1 aromatic rings. The molecule has 1 aromatic heterocycles. The first-order valence-electron chi connectivity index (χ1n) is 5.80. The molecule has 106 valence electrons. The van der Waals surface area contributed by atoms with Crippen LogP contribution in [0, 0.1) is 0 Å². The van der Waals surface area contributed by atoms with Gasteiger partial charge in [0.15, 0.2) is 0 Å². The average molecular weight is 290 g/mol. The highest BCUT2D eigenvalue weighted by Crippen LogP contribution is 2.29. The second kappa shape index (κ2) is 5.89. The Bertz CT molecular complexity index is 558. The number of aliphatic hydroxyl groups is 1. The summed E-state index contributed by atoms with van der Waals surface area (Å²) in [4.78, 5) is 25.5. The summed E-state index contributed by atoms with van der Waals surface area (Å²) in [5, 5.41) is 8.94. The summed E-state index contributed by atoms with van der Waals surface area (Å²) in [7, 11) is 0. The topological polar surface area (TPSA) is 84.3 Å². The molecule has 3 atom stereocenters. The molecule has 2 heterocycles. The third kappa shape index (κ3) is 2.90. The average Bonchev–Trinajstić information content (AvgIpc) is 2.74. The van der Waals surface area contributed by atoms with Crippen molar-refractivity contribution in [3.8, 4) is 0 Å². The lowest BCUT2D eigenvalue weighted by molar-refractivity contribution is -0.0356. The molecule has 1 fully saturated rings. The van der Waals surface area contributed by atoms with Crippen molar-refractivity contribution in [1.82, 2.24) is 9.55 Å². The number of aromatic nitrogens is 2. The van der Waals surface area contributed by atoms with Gasteiger partial charge in [-0.1, -0.05) is 0 Å². The lowest BCUT2D eigenvalue weighted by Crippen LogP contribution is -2.34. The van der Waals surface area contributed by atoms with Crippen molar-refractivity contribution in [2.24, 2.45) is 0 Å². The summed E-state index contributed by atoms with van der Waals surface area (Å²) in [6, 6.07) is 0. The lowest BCUT2D eigenvalue weighted by atomic mass is 10.2. The van der Waals surface area contributed by atoms with E-state index in [1.165, 1.54) is 22.5 Å². The second-order valence-corrected chi connectivity index (χ2v) is 5.18. The number of halogens is 1. The molecule has 1 saturated heterocycles. The molecule has 0 saturated carbocycles. The van der Waals surface area contributed by atoms with E-state index in [9.17, 15) is 14.0 Å². The van der Waals surface area contributed by atoms with Crippen molar-refractivity contribution in [2.75, 3.05) is 12.9 Å². The van der Waals surface area contributed by atoms with Gasteiger partial charge in [-0.2, -0.15) is 11.8 Å². The first kappa shape index (κ1) is 14.3. The van der Waals surface area contributed by atoms with E-state index in [0.29, 0.717) is 11.3 Å². The van der Waals surface area contributed by atoms with Crippen LogP contribution in [0.25, 0.3) is 0 Å². The number of rotatable bonds is 4. The fourth-order valence-corrected chi connectivity index (χ4v) is 2.54. The predicted octanol–water partition coefficient (Wildman–Crippen LogP) is 0.0175. The largest absolute Gasteiger partial charge is 0.394 e. The highest BCUT2D eigenvalue weighted by atomic mass is 32.2. The molecule has 0 bridgehead atoms. The fourth-order valence-electron chi connectivity index (χ4n) is 2.02. The van der Waals surface area contributed by atoms with Gasteiger partial charge >= 0.3 is 5.69 Å². The number of thioether (sulfide) groups is 1. The number of nitrogens with zero attached hydrogens (tertiary/aromatic N) is 1. The van der Waals surface area contributed by atoms with Crippen molar-refractivity contribution < 1.29 is 14.2 Å². The zero-order chi connectivity index (χ0) is 14.0. The van der Waals surface area contributed by atoms with E-state index in [4.69, 9.17) is 9.84 Å². The van der Waals surface area contributed by atoms with Crippen molar-refractivity contribution in [3.63, 3.8) is 0 Å². The molecule has 0 amide bonds. The van der Waals surface area contributed by atoms with E-state index < -0.39 is 36.4 Å². The summed E-state index contributed by atoms with van der Waals surface area (Å²) < 4.78 is 20.0. The van der Waals surface area contributed by atoms with Crippen molar-refractivity contribution in [1.29, 1.82) is 0 Å². The van der Waals surface area contributed by atoms with Crippen LogP contribution in [-0.4, -0.2) is 39.8 Å². The molecule has 0 aromatic carbocycles. The Labute approximate surface area is 112 Å². The minimum absolute atomic E-state index is 0.0180. The smallest absolute Gasteiger partial charge is 0.330 e. The molecular formula is C11H15FN2O4S. The minimum atomic E-state index is -1.32. The second-order valence-electron chi connectivity index (χ2n) is 4.32. The Balaban J connectivity index is 2.33. The maximum absolute atomic E-state index is 13.5. The Morgan fingerprint density at radius 2 is 2.37 bits per heavy atom. The quantitative estimate of drug-likeness (QED) is 0.816. The van der Waals surface area contributed by atoms with Crippen molar-refractivity contribution in [2.45, 2.75) is 30.7 Å². The van der Waals surface area contributed by atoms with Crippen LogP contribution in [0.3, 0.4) is 0 Å². The normalized spacial score (nSPS) is 26.8. The van der Waals surface area contributed by atoms with Gasteiger partial charge in [0, 0.05) is 23.9 Å². The molecule has 8 heteroatoms. The van der Waals surface area contributed by atoms with E-state index in [2.05, 4.69) is 4.98 Å². The van der Waals surface area contributed by atoms with Crippen LogP contribution in [0.4, 0.5) is 4.39 Å². The van der Waals surface area contributed by atoms with Crippen LogP contribution in [0.15, 0.2) is 15.8 Å². The van der Waals surface area contributed by atoms with Crippen LogP contribution < -0.4 is 11.2 Å². The van der Waals surface area contributed by atoms with Crippen molar-refractivity contribution in [3.05, 3.63) is 32.6 Å². The zero-order valence-electron chi connectivity index (χ0n) is 10.3. The molecule has 1 aliphatic rings. The Hall–Kier alpha value is -1.12. The molecule has 19 heavy (non-hydrogen) atoms. The van der Waals surface area contributed by atoms with Gasteiger partial charge < -0.3 is 9.84 Å². The zero-order valence-corrected chi connectivity index (χ0v) is 11.2. The molecule has 0 aliphatic carbocycles. The number of H-pyrrole nitrogens is 1. The molecule has 1 unspecified atom stereocenters. The molecule has 2 rings (SSSR count). The van der Waals surface area contributed by atoms with Gasteiger partial charge in [0.25, 0.3) is 5.56 Å². The summed E-state index contributed by atoms with van der Waals surface area (Å²) in [6.07, 6.45) is 0.174. The Morgan fingerprint density at radius 3 is 2.95 bits per heavy atom. The van der Waals surface area contributed by atoms with E-state index >= 15 is 0 Å². The van der Waals surface area contributed by atoms with E-state index in [-0.39, 0.29) is 6.42 Å². The van der Waals surface area contributed by atoms with E-state index in [1.807, 2.05) is 6.26 Å². The van der Waals surface area contributed by atoms with Crippen LogP contribution >= 0.6 is 11.8 Å². The standard InChI is InChI=1S/C11H15FN2O4S/c1-19-5-6-3-14(11(17)13-10(6)16)9-2-7(12)8(4-15)18-9/h3,7-9,15H,2,4-5H2,1H3,(H,13,16,17)/t7?,8-,9-/m1/s1.